The van der Waals surface area contributed by atoms with Crippen LogP contribution >= 0.6 is 0 Å². The van der Waals surface area contributed by atoms with Crippen molar-refractivity contribution in [3.63, 3.8) is 0 Å². The summed E-state index contributed by atoms with van der Waals surface area (Å²) in [6.07, 6.45) is 2.99. The number of carbonyl (C=O) groups excluding carboxylic acids is 2. The highest BCUT2D eigenvalue weighted by molar-refractivity contribution is 6.15. The molecule has 0 N–H and O–H groups in total. The van der Waals surface area contributed by atoms with E-state index in [0.29, 0.717) is 31.9 Å². The summed E-state index contributed by atoms with van der Waals surface area (Å²) in [6.45, 7) is 3.93. The molecule has 0 aromatic heterocycles. The molecule has 2 amide bonds. The van der Waals surface area contributed by atoms with Crippen LogP contribution in [0.2, 0.25) is 0 Å². The fourth-order valence-electron chi connectivity index (χ4n) is 1.57. The summed E-state index contributed by atoms with van der Waals surface area (Å²) >= 11 is 0. The van der Waals surface area contributed by atoms with E-state index in [2.05, 4.69) is 0 Å². The van der Waals surface area contributed by atoms with E-state index >= 15 is 0 Å². The third-order valence-corrected chi connectivity index (χ3v) is 2.54. The lowest BCUT2D eigenvalue weighted by atomic mass is 10.3. The highest BCUT2D eigenvalue weighted by atomic mass is 16.5. The molecular weight excluding hydrogens is 222 g/mol. The summed E-state index contributed by atoms with van der Waals surface area (Å²) in [5.74, 6) is -0.372. The van der Waals surface area contributed by atoms with E-state index in [1.165, 1.54) is 11.0 Å². The molecule has 0 atom stereocenters. The van der Waals surface area contributed by atoms with Gasteiger partial charge >= 0.3 is 0 Å². The Balaban J connectivity index is 2.08. The molecule has 0 fully saturated rings. The SMILES string of the molecule is COCCOCCCCN1C(=O)C=C(C)C1=O. The van der Waals surface area contributed by atoms with Crippen LogP contribution in [0, 0.1) is 0 Å². The average Bonchev–Trinajstić information content (AvgIpc) is 2.54. The molecule has 1 aliphatic rings. The molecule has 5 nitrogen and oxygen atoms in total. The summed E-state index contributed by atoms with van der Waals surface area (Å²) in [6, 6.07) is 0. The number of amides is 2. The molecule has 1 rings (SSSR count). The Morgan fingerprint density at radius 1 is 1.18 bits per heavy atom. The lowest BCUT2D eigenvalue weighted by Crippen LogP contribution is -2.31. The van der Waals surface area contributed by atoms with Gasteiger partial charge in [-0.15, -0.1) is 0 Å². The topological polar surface area (TPSA) is 55.8 Å². The van der Waals surface area contributed by atoms with Crippen LogP contribution in [0.1, 0.15) is 19.8 Å². The van der Waals surface area contributed by atoms with Crippen molar-refractivity contribution in [1.29, 1.82) is 0 Å². The highest BCUT2D eigenvalue weighted by Crippen LogP contribution is 2.12. The molecule has 0 unspecified atom stereocenters. The molecule has 0 aromatic carbocycles. The molecule has 1 aliphatic heterocycles. The van der Waals surface area contributed by atoms with E-state index in [4.69, 9.17) is 9.47 Å². The number of carbonyl (C=O) groups is 2. The molecule has 0 aliphatic carbocycles. The van der Waals surface area contributed by atoms with Crippen molar-refractivity contribution in [2.75, 3.05) is 33.5 Å². The number of nitrogens with zero attached hydrogens (tertiary/aromatic N) is 1. The van der Waals surface area contributed by atoms with Gasteiger partial charge in [0.15, 0.2) is 0 Å². The number of rotatable bonds is 8. The van der Waals surface area contributed by atoms with Crippen LogP contribution in [0.3, 0.4) is 0 Å². The van der Waals surface area contributed by atoms with Gasteiger partial charge in [0.05, 0.1) is 13.2 Å². The third-order valence-electron chi connectivity index (χ3n) is 2.54. The number of ether oxygens (including phenoxy) is 2. The van der Waals surface area contributed by atoms with E-state index in [0.717, 1.165) is 12.8 Å². The van der Waals surface area contributed by atoms with Crippen molar-refractivity contribution in [2.24, 2.45) is 0 Å². The van der Waals surface area contributed by atoms with Crippen molar-refractivity contribution in [3.8, 4) is 0 Å². The summed E-state index contributed by atoms with van der Waals surface area (Å²) in [5, 5.41) is 0. The Labute approximate surface area is 101 Å². The van der Waals surface area contributed by atoms with Gasteiger partial charge in [0.1, 0.15) is 0 Å². The van der Waals surface area contributed by atoms with E-state index < -0.39 is 0 Å². The zero-order valence-corrected chi connectivity index (χ0v) is 10.4. The van der Waals surface area contributed by atoms with E-state index in [-0.39, 0.29) is 11.8 Å². The Bertz CT molecular complexity index is 312. The second kappa shape index (κ2) is 7.19. The van der Waals surface area contributed by atoms with Gasteiger partial charge in [-0.1, -0.05) is 0 Å². The fraction of sp³-hybridized carbons (Fsp3) is 0.667. The highest BCUT2D eigenvalue weighted by Gasteiger charge is 2.27. The molecule has 96 valence electrons. The largest absolute Gasteiger partial charge is 0.382 e. The minimum atomic E-state index is -0.201. The van der Waals surface area contributed by atoms with Crippen LogP contribution in [0.25, 0.3) is 0 Å². The number of unbranched alkanes of at least 4 members (excludes halogenated alkanes) is 1. The second-order valence-electron chi connectivity index (χ2n) is 3.93. The van der Waals surface area contributed by atoms with Crippen molar-refractivity contribution in [3.05, 3.63) is 11.6 Å². The van der Waals surface area contributed by atoms with Crippen LogP contribution in [0.4, 0.5) is 0 Å². The first kappa shape index (κ1) is 13.9. The second-order valence-corrected chi connectivity index (χ2v) is 3.93. The maximum absolute atomic E-state index is 11.5. The summed E-state index contributed by atoms with van der Waals surface area (Å²) in [5.41, 5.74) is 0.520. The van der Waals surface area contributed by atoms with Gasteiger partial charge in [-0.05, 0) is 19.8 Å². The molecule has 0 saturated carbocycles. The van der Waals surface area contributed by atoms with Gasteiger partial charge in [0.2, 0.25) is 0 Å². The molecule has 0 radical (unpaired) electrons. The summed E-state index contributed by atoms with van der Waals surface area (Å²) < 4.78 is 10.1. The Morgan fingerprint density at radius 3 is 2.53 bits per heavy atom. The first-order chi connectivity index (χ1) is 8.16. The van der Waals surface area contributed by atoms with Gasteiger partial charge in [0, 0.05) is 31.9 Å². The molecule has 5 heteroatoms. The predicted molar refractivity (Wildman–Crippen MR) is 62.4 cm³/mol. The lowest BCUT2D eigenvalue weighted by Gasteiger charge is -2.13. The van der Waals surface area contributed by atoms with E-state index in [9.17, 15) is 9.59 Å². The van der Waals surface area contributed by atoms with Crippen LogP contribution in [-0.4, -0.2) is 50.2 Å². The maximum Gasteiger partial charge on any atom is 0.256 e. The first-order valence-corrected chi connectivity index (χ1v) is 5.77. The molecular formula is C12H19NO4. The molecule has 17 heavy (non-hydrogen) atoms. The minimum absolute atomic E-state index is 0.171. The smallest absolute Gasteiger partial charge is 0.256 e. The number of hydrogen-bond donors (Lipinski definition) is 0. The number of methoxy groups -OCH3 is 1. The van der Waals surface area contributed by atoms with Crippen LogP contribution in [0.15, 0.2) is 11.6 Å². The molecule has 0 spiro atoms. The Hall–Kier alpha value is -1.20. The van der Waals surface area contributed by atoms with E-state index in [1.807, 2.05) is 0 Å². The van der Waals surface area contributed by atoms with Crippen LogP contribution < -0.4 is 0 Å². The fourth-order valence-corrected chi connectivity index (χ4v) is 1.57. The Morgan fingerprint density at radius 2 is 1.94 bits per heavy atom. The van der Waals surface area contributed by atoms with Crippen molar-refractivity contribution in [1.82, 2.24) is 4.90 Å². The predicted octanol–water partition coefficient (Wildman–Crippen LogP) is 0.745. The average molecular weight is 241 g/mol. The summed E-state index contributed by atoms with van der Waals surface area (Å²) in [7, 11) is 1.63. The standard InChI is InChI=1S/C12H19NO4/c1-10-9-11(14)13(12(10)15)5-3-4-6-17-8-7-16-2/h9H,3-8H2,1-2H3. The third kappa shape index (κ3) is 4.28. The van der Waals surface area contributed by atoms with Gasteiger partial charge in [-0.25, -0.2) is 0 Å². The van der Waals surface area contributed by atoms with Gasteiger partial charge in [-0.3, -0.25) is 14.5 Å². The van der Waals surface area contributed by atoms with Gasteiger partial charge in [-0.2, -0.15) is 0 Å². The molecule has 1 heterocycles. The zero-order valence-electron chi connectivity index (χ0n) is 10.4. The maximum atomic E-state index is 11.5. The van der Waals surface area contributed by atoms with Gasteiger partial charge in [0.25, 0.3) is 11.8 Å². The monoisotopic (exact) mass is 241 g/mol. The quantitative estimate of drug-likeness (QED) is 0.464. The minimum Gasteiger partial charge on any atom is -0.382 e. The Kier molecular flexibility index (Phi) is 5.86. The summed E-state index contributed by atoms with van der Waals surface area (Å²) in [4.78, 5) is 24.2. The van der Waals surface area contributed by atoms with Crippen molar-refractivity contribution < 1.29 is 19.1 Å². The van der Waals surface area contributed by atoms with Gasteiger partial charge < -0.3 is 9.47 Å². The van der Waals surface area contributed by atoms with Crippen molar-refractivity contribution >= 4 is 11.8 Å². The number of hydrogen-bond acceptors (Lipinski definition) is 4. The van der Waals surface area contributed by atoms with E-state index in [1.54, 1.807) is 14.0 Å². The molecule has 0 aromatic rings. The van der Waals surface area contributed by atoms with Crippen LogP contribution in [-0.2, 0) is 19.1 Å². The lowest BCUT2D eigenvalue weighted by molar-refractivity contribution is -0.137. The number of imide groups is 1. The van der Waals surface area contributed by atoms with Crippen LogP contribution in [0.5, 0.6) is 0 Å². The van der Waals surface area contributed by atoms with Crippen molar-refractivity contribution in [2.45, 2.75) is 19.8 Å². The first-order valence-electron chi connectivity index (χ1n) is 5.77. The zero-order chi connectivity index (χ0) is 12.7. The molecule has 0 saturated heterocycles. The normalized spacial score (nSPS) is 15.6. The molecule has 0 bridgehead atoms.